The summed E-state index contributed by atoms with van der Waals surface area (Å²) in [5.74, 6) is -1.40. The van der Waals surface area contributed by atoms with Crippen molar-refractivity contribution in [2.45, 2.75) is 50.2 Å². The van der Waals surface area contributed by atoms with Gasteiger partial charge in [-0.25, -0.2) is 12.8 Å². The standard InChI is InChI=1S/C34H35FIN3O4S/c1-34(2,3)37-33(41)31(22-25-10-6-4-7-11-25)38(23-26-14-16-27(35)17-15-26)32(40)24-39(29-20-18-28(36)19-21-29)44(42,43)30-12-8-5-9-13-30/h4-21,31H,22-24H2,1-3H3,(H,37,41)/t31-/m0/s1. The van der Waals surface area contributed by atoms with Crippen LogP contribution in [0.4, 0.5) is 10.1 Å². The lowest BCUT2D eigenvalue weighted by Crippen LogP contribution is -2.56. The van der Waals surface area contributed by atoms with Gasteiger partial charge < -0.3 is 10.2 Å². The normalized spacial score (nSPS) is 12.3. The maximum atomic E-state index is 14.4. The van der Waals surface area contributed by atoms with Crippen LogP contribution in [-0.2, 0) is 32.6 Å². The van der Waals surface area contributed by atoms with E-state index in [9.17, 15) is 22.4 Å². The third-order valence-corrected chi connectivity index (χ3v) is 9.27. The van der Waals surface area contributed by atoms with Gasteiger partial charge in [-0.05, 0) is 103 Å². The van der Waals surface area contributed by atoms with Gasteiger partial charge in [0.25, 0.3) is 10.0 Å². The van der Waals surface area contributed by atoms with Gasteiger partial charge >= 0.3 is 0 Å². The fourth-order valence-corrected chi connectivity index (χ4v) is 6.44. The predicted molar refractivity (Wildman–Crippen MR) is 179 cm³/mol. The first-order valence-electron chi connectivity index (χ1n) is 14.1. The number of hydrogen-bond acceptors (Lipinski definition) is 4. The first kappa shape index (κ1) is 33.1. The number of carbonyl (C=O) groups excluding carboxylic acids is 2. The molecule has 7 nitrogen and oxygen atoms in total. The summed E-state index contributed by atoms with van der Waals surface area (Å²) < 4.78 is 43.7. The summed E-state index contributed by atoms with van der Waals surface area (Å²) in [7, 11) is -4.17. The van der Waals surface area contributed by atoms with Crippen LogP contribution in [-0.4, -0.2) is 43.3 Å². The van der Waals surface area contributed by atoms with Crippen molar-refractivity contribution < 1.29 is 22.4 Å². The summed E-state index contributed by atoms with van der Waals surface area (Å²) in [5, 5.41) is 2.99. The maximum absolute atomic E-state index is 14.4. The van der Waals surface area contributed by atoms with Gasteiger partial charge in [0.15, 0.2) is 0 Å². The molecule has 4 aromatic carbocycles. The van der Waals surface area contributed by atoms with E-state index in [-0.39, 0.29) is 23.8 Å². The number of halogens is 2. The average Bonchev–Trinajstić information content (AvgIpc) is 2.99. The minimum Gasteiger partial charge on any atom is -0.350 e. The van der Waals surface area contributed by atoms with E-state index in [4.69, 9.17) is 0 Å². The van der Waals surface area contributed by atoms with Crippen LogP contribution in [0.15, 0.2) is 114 Å². The number of rotatable bonds is 11. The topological polar surface area (TPSA) is 86.8 Å². The van der Waals surface area contributed by atoms with Crippen LogP contribution < -0.4 is 9.62 Å². The molecule has 230 valence electrons. The fourth-order valence-electron chi connectivity index (χ4n) is 4.65. The van der Waals surface area contributed by atoms with E-state index in [1.165, 1.54) is 29.2 Å². The van der Waals surface area contributed by atoms with Crippen molar-refractivity contribution in [3.05, 3.63) is 130 Å². The molecule has 2 amide bonds. The van der Waals surface area contributed by atoms with E-state index in [1.54, 1.807) is 54.6 Å². The minimum atomic E-state index is -4.17. The molecular formula is C34H35FIN3O4S. The van der Waals surface area contributed by atoms with E-state index in [0.29, 0.717) is 11.3 Å². The lowest BCUT2D eigenvalue weighted by molar-refractivity contribution is -0.140. The molecule has 0 unspecified atom stereocenters. The second kappa shape index (κ2) is 14.3. The van der Waals surface area contributed by atoms with Gasteiger partial charge in [0.1, 0.15) is 18.4 Å². The Morgan fingerprint density at radius 1 is 0.818 bits per heavy atom. The molecule has 0 saturated carbocycles. The molecule has 0 aromatic heterocycles. The van der Waals surface area contributed by atoms with Crippen LogP contribution in [0.25, 0.3) is 0 Å². The first-order valence-corrected chi connectivity index (χ1v) is 16.6. The van der Waals surface area contributed by atoms with E-state index in [2.05, 4.69) is 27.9 Å². The van der Waals surface area contributed by atoms with Crippen LogP contribution in [0.3, 0.4) is 0 Å². The highest BCUT2D eigenvalue weighted by atomic mass is 127. The van der Waals surface area contributed by atoms with Gasteiger partial charge in [-0.3, -0.25) is 13.9 Å². The quantitative estimate of drug-likeness (QED) is 0.187. The fraction of sp³-hybridized carbons (Fsp3) is 0.235. The lowest BCUT2D eigenvalue weighted by Gasteiger charge is -2.35. The van der Waals surface area contributed by atoms with Crippen molar-refractivity contribution in [3.63, 3.8) is 0 Å². The van der Waals surface area contributed by atoms with Gasteiger partial charge in [-0.15, -0.1) is 0 Å². The monoisotopic (exact) mass is 727 g/mol. The molecule has 0 bridgehead atoms. The highest BCUT2D eigenvalue weighted by Gasteiger charge is 2.35. The summed E-state index contributed by atoms with van der Waals surface area (Å²) in [6, 6.07) is 28.7. The molecule has 0 radical (unpaired) electrons. The number of amides is 2. The smallest absolute Gasteiger partial charge is 0.264 e. The third-order valence-electron chi connectivity index (χ3n) is 6.76. The Morgan fingerprint density at radius 3 is 1.95 bits per heavy atom. The number of carbonyl (C=O) groups is 2. The van der Waals surface area contributed by atoms with E-state index in [1.807, 2.05) is 51.1 Å². The highest BCUT2D eigenvalue weighted by molar-refractivity contribution is 14.1. The molecule has 10 heteroatoms. The molecule has 4 aromatic rings. The lowest BCUT2D eigenvalue weighted by atomic mass is 10.0. The molecule has 0 aliphatic heterocycles. The molecule has 0 fully saturated rings. The molecular weight excluding hydrogens is 692 g/mol. The molecule has 0 heterocycles. The Hall–Kier alpha value is -3.77. The maximum Gasteiger partial charge on any atom is 0.264 e. The molecule has 0 saturated heterocycles. The predicted octanol–water partition coefficient (Wildman–Crippen LogP) is 6.18. The van der Waals surface area contributed by atoms with Crippen molar-refractivity contribution in [2.24, 2.45) is 0 Å². The SMILES string of the molecule is CC(C)(C)NC(=O)[C@H](Cc1ccccc1)N(Cc1ccc(F)cc1)C(=O)CN(c1ccc(I)cc1)S(=O)(=O)c1ccccc1. The van der Waals surface area contributed by atoms with Crippen molar-refractivity contribution >= 4 is 50.1 Å². The Labute approximate surface area is 272 Å². The zero-order valence-corrected chi connectivity index (χ0v) is 27.8. The number of sulfonamides is 1. The Kier molecular flexibility index (Phi) is 10.8. The van der Waals surface area contributed by atoms with E-state index >= 15 is 0 Å². The van der Waals surface area contributed by atoms with Crippen LogP contribution >= 0.6 is 22.6 Å². The Bertz CT molecular complexity index is 1660. The minimum absolute atomic E-state index is 0.0303. The van der Waals surface area contributed by atoms with Crippen molar-refractivity contribution in [3.8, 4) is 0 Å². The molecule has 0 aliphatic rings. The van der Waals surface area contributed by atoms with Gasteiger partial charge in [0.05, 0.1) is 10.6 Å². The summed E-state index contributed by atoms with van der Waals surface area (Å²) in [6.07, 6.45) is 0.185. The van der Waals surface area contributed by atoms with Crippen LogP contribution in [0.5, 0.6) is 0 Å². The first-order chi connectivity index (χ1) is 20.8. The largest absolute Gasteiger partial charge is 0.350 e. The molecule has 1 atom stereocenters. The van der Waals surface area contributed by atoms with Crippen LogP contribution in [0.1, 0.15) is 31.9 Å². The van der Waals surface area contributed by atoms with Crippen molar-refractivity contribution in [1.82, 2.24) is 10.2 Å². The molecule has 1 N–H and O–H groups in total. The number of nitrogens with zero attached hydrogens (tertiary/aromatic N) is 2. The summed E-state index contributed by atoms with van der Waals surface area (Å²) in [5.41, 5.74) is 1.13. The second-order valence-corrected chi connectivity index (χ2v) is 14.5. The third kappa shape index (κ3) is 8.88. The zero-order valence-electron chi connectivity index (χ0n) is 24.8. The summed E-state index contributed by atoms with van der Waals surface area (Å²) in [6.45, 7) is 4.94. The van der Waals surface area contributed by atoms with E-state index < -0.39 is 39.9 Å². The van der Waals surface area contributed by atoms with Crippen LogP contribution in [0.2, 0.25) is 0 Å². The van der Waals surface area contributed by atoms with Crippen molar-refractivity contribution in [1.29, 1.82) is 0 Å². The number of hydrogen-bond donors (Lipinski definition) is 1. The van der Waals surface area contributed by atoms with Gasteiger partial charge in [0.2, 0.25) is 11.8 Å². The van der Waals surface area contributed by atoms with Gasteiger partial charge in [-0.2, -0.15) is 0 Å². The average molecular weight is 728 g/mol. The highest BCUT2D eigenvalue weighted by Crippen LogP contribution is 2.26. The second-order valence-electron chi connectivity index (χ2n) is 11.4. The number of benzene rings is 4. The number of anilines is 1. The molecule has 44 heavy (non-hydrogen) atoms. The van der Waals surface area contributed by atoms with Gasteiger partial charge in [0, 0.05) is 22.1 Å². The summed E-state index contributed by atoms with van der Waals surface area (Å²) in [4.78, 5) is 29.7. The molecule has 0 spiro atoms. The molecule has 4 rings (SSSR count). The molecule has 0 aliphatic carbocycles. The van der Waals surface area contributed by atoms with Gasteiger partial charge in [-0.1, -0.05) is 60.7 Å². The van der Waals surface area contributed by atoms with E-state index in [0.717, 1.165) is 13.4 Å². The van der Waals surface area contributed by atoms with Crippen LogP contribution in [0, 0.1) is 9.39 Å². The summed E-state index contributed by atoms with van der Waals surface area (Å²) >= 11 is 2.13. The van der Waals surface area contributed by atoms with Crippen molar-refractivity contribution in [2.75, 3.05) is 10.8 Å². The zero-order chi connectivity index (χ0) is 31.9. The Balaban J connectivity index is 1.80. The Morgan fingerprint density at radius 2 is 1.39 bits per heavy atom. The number of nitrogens with one attached hydrogen (secondary N) is 1.